The minimum atomic E-state index is -0.0967. The normalized spacial score (nSPS) is 18.7. The lowest BCUT2D eigenvalue weighted by Crippen LogP contribution is -2.40. The smallest absolute Gasteiger partial charge is 0.163 e. The van der Waals surface area contributed by atoms with Gasteiger partial charge in [-0.05, 0) is 24.8 Å². The van der Waals surface area contributed by atoms with Crippen LogP contribution in [0.15, 0.2) is 11.7 Å². The number of thiophene rings is 1. The maximum atomic E-state index is 5.90. The second-order valence-corrected chi connectivity index (χ2v) is 6.66. The molecule has 0 spiro atoms. The summed E-state index contributed by atoms with van der Waals surface area (Å²) in [5.41, 5.74) is 1.22. The third-order valence-electron chi connectivity index (χ3n) is 4.11. The van der Waals surface area contributed by atoms with Crippen LogP contribution >= 0.6 is 11.3 Å². The molecule has 0 amide bonds. The van der Waals surface area contributed by atoms with Gasteiger partial charge in [-0.1, -0.05) is 0 Å². The number of anilines is 1. The maximum absolute atomic E-state index is 5.90. The van der Waals surface area contributed by atoms with Gasteiger partial charge in [0, 0.05) is 13.6 Å². The Bertz CT molecular complexity index is 857. The van der Waals surface area contributed by atoms with Crippen LogP contribution in [0.3, 0.4) is 0 Å². The topological polar surface area (TPSA) is 69.0 Å². The van der Waals surface area contributed by atoms with Crippen molar-refractivity contribution in [3.05, 3.63) is 28.9 Å². The van der Waals surface area contributed by atoms with Crippen molar-refractivity contribution < 1.29 is 4.74 Å². The Balaban J connectivity index is 1.73. The first-order valence-corrected chi connectivity index (χ1v) is 8.44. The van der Waals surface area contributed by atoms with Crippen LogP contribution in [0.2, 0.25) is 0 Å². The number of fused-ring (bicyclic) bond motifs is 1. The molecule has 7 nitrogen and oxygen atoms in total. The second-order valence-electron chi connectivity index (χ2n) is 5.80. The fourth-order valence-electron chi connectivity index (χ4n) is 2.98. The Hall–Kier alpha value is -2.06. The summed E-state index contributed by atoms with van der Waals surface area (Å²) in [6, 6.07) is 0. The molecule has 4 heterocycles. The number of nitrogens with zero attached hydrogens (tertiary/aromatic N) is 6. The average Bonchev–Trinajstić information content (AvgIpc) is 3.13. The van der Waals surface area contributed by atoms with Gasteiger partial charge in [0.1, 0.15) is 28.9 Å². The molecule has 0 bridgehead atoms. The van der Waals surface area contributed by atoms with Gasteiger partial charge in [-0.15, -0.1) is 21.5 Å². The highest BCUT2D eigenvalue weighted by Gasteiger charge is 2.28. The van der Waals surface area contributed by atoms with Gasteiger partial charge >= 0.3 is 0 Å². The minimum Gasteiger partial charge on any atom is -0.366 e. The van der Waals surface area contributed by atoms with Gasteiger partial charge in [-0.25, -0.2) is 9.97 Å². The van der Waals surface area contributed by atoms with Gasteiger partial charge < -0.3 is 14.2 Å². The van der Waals surface area contributed by atoms with E-state index >= 15 is 0 Å². The lowest BCUT2D eigenvalue weighted by molar-refractivity contribution is 0.0319. The summed E-state index contributed by atoms with van der Waals surface area (Å²) >= 11 is 1.67. The third-order valence-corrected chi connectivity index (χ3v) is 5.10. The zero-order valence-corrected chi connectivity index (χ0v) is 14.2. The third kappa shape index (κ3) is 2.47. The highest BCUT2D eigenvalue weighted by Crippen LogP contribution is 2.33. The molecule has 1 aliphatic rings. The molecule has 0 saturated carbocycles. The van der Waals surface area contributed by atoms with E-state index in [1.54, 1.807) is 17.7 Å². The Morgan fingerprint density at radius 3 is 2.96 bits per heavy atom. The highest BCUT2D eigenvalue weighted by atomic mass is 32.1. The Labute approximate surface area is 137 Å². The van der Waals surface area contributed by atoms with Crippen molar-refractivity contribution in [3.63, 3.8) is 0 Å². The van der Waals surface area contributed by atoms with Crippen LogP contribution in [0, 0.1) is 13.8 Å². The van der Waals surface area contributed by atoms with Crippen molar-refractivity contribution in [2.24, 2.45) is 7.05 Å². The largest absolute Gasteiger partial charge is 0.366 e. The molecule has 1 aliphatic heterocycles. The molecule has 3 aromatic rings. The predicted octanol–water partition coefficient (Wildman–Crippen LogP) is 2.01. The van der Waals surface area contributed by atoms with Crippen molar-refractivity contribution in [1.29, 1.82) is 0 Å². The van der Waals surface area contributed by atoms with Gasteiger partial charge in [0.25, 0.3) is 0 Å². The quantitative estimate of drug-likeness (QED) is 0.716. The number of ether oxygens (including phenoxy) is 1. The first kappa shape index (κ1) is 14.5. The first-order chi connectivity index (χ1) is 11.1. The maximum Gasteiger partial charge on any atom is 0.163 e. The number of hydrogen-bond acceptors (Lipinski definition) is 7. The fraction of sp³-hybridized carbons (Fsp3) is 0.467. The lowest BCUT2D eigenvalue weighted by Gasteiger charge is -2.33. The molecule has 3 aromatic heterocycles. The molecular formula is C15H18N6OS. The Kier molecular flexibility index (Phi) is 3.50. The zero-order chi connectivity index (χ0) is 16.0. The summed E-state index contributed by atoms with van der Waals surface area (Å²) in [6.45, 7) is 6.23. The van der Waals surface area contributed by atoms with E-state index in [0.717, 1.165) is 34.2 Å². The van der Waals surface area contributed by atoms with Crippen LogP contribution in [0.1, 0.15) is 23.3 Å². The van der Waals surface area contributed by atoms with E-state index in [4.69, 9.17) is 9.72 Å². The molecule has 0 radical (unpaired) electrons. The van der Waals surface area contributed by atoms with Crippen LogP contribution < -0.4 is 4.90 Å². The van der Waals surface area contributed by atoms with Gasteiger partial charge in [-0.2, -0.15) is 0 Å². The highest BCUT2D eigenvalue weighted by molar-refractivity contribution is 7.17. The number of rotatable bonds is 2. The molecule has 8 heteroatoms. The van der Waals surface area contributed by atoms with E-state index in [1.807, 2.05) is 18.5 Å². The monoisotopic (exact) mass is 330 g/mol. The van der Waals surface area contributed by atoms with Crippen molar-refractivity contribution >= 4 is 27.4 Å². The second kappa shape index (κ2) is 5.54. The van der Waals surface area contributed by atoms with Crippen LogP contribution in [0.25, 0.3) is 10.2 Å². The van der Waals surface area contributed by atoms with Crippen LogP contribution in [0.4, 0.5) is 5.82 Å². The summed E-state index contributed by atoms with van der Waals surface area (Å²) < 4.78 is 7.81. The van der Waals surface area contributed by atoms with E-state index in [2.05, 4.69) is 32.4 Å². The molecule has 120 valence electrons. The van der Waals surface area contributed by atoms with Gasteiger partial charge in [-0.3, -0.25) is 0 Å². The van der Waals surface area contributed by atoms with Crippen LogP contribution in [0.5, 0.6) is 0 Å². The SMILES string of the molecule is Cc1nc(N2CCOC(c3nncn3C)C2)c2c(C)csc2n1. The van der Waals surface area contributed by atoms with Crippen molar-refractivity contribution in [1.82, 2.24) is 24.7 Å². The van der Waals surface area contributed by atoms with Crippen molar-refractivity contribution in [2.45, 2.75) is 20.0 Å². The van der Waals surface area contributed by atoms with Crippen molar-refractivity contribution in [3.8, 4) is 0 Å². The molecule has 4 rings (SSSR count). The molecule has 1 atom stereocenters. The Morgan fingerprint density at radius 1 is 1.30 bits per heavy atom. The van der Waals surface area contributed by atoms with E-state index in [1.165, 1.54) is 5.56 Å². The number of hydrogen-bond donors (Lipinski definition) is 0. The Morgan fingerprint density at radius 2 is 2.17 bits per heavy atom. The van der Waals surface area contributed by atoms with E-state index in [-0.39, 0.29) is 6.10 Å². The first-order valence-electron chi connectivity index (χ1n) is 7.56. The number of aromatic nitrogens is 5. The van der Waals surface area contributed by atoms with E-state index in [0.29, 0.717) is 13.2 Å². The van der Waals surface area contributed by atoms with Gasteiger partial charge in [0.2, 0.25) is 0 Å². The van der Waals surface area contributed by atoms with E-state index < -0.39 is 0 Å². The summed E-state index contributed by atoms with van der Waals surface area (Å²) in [7, 11) is 1.94. The predicted molar refractivity (Wildman–Crippen MR) is 88.8 cm³/mol. The van der Waals surface area contributed by atoms with Crippen LogP contribution in [-0.4, -0.2) is 44.4 Å². The molecule has 0 aromatic carbocycles. The van der Waals surface area contributed by atoms with Gasteiger partial charge in [0.05, 0.1) is 18.5 Å². The van der Waals surface area contributed by atoms with Gasteiger partial charge in [0.15, 0.2) is 5.82 Å². The van der Waals surface area contributed by atoms with Crippen molar-refractivity contribution in [2.75, 3.05) is 24.6 Å². The fourth-order valence-corrected chi connectivity index (χ4v) is 3.94. The number of aryl methyl sites for hydroxylation is 3. The average molecular weight is 330 g/mol. The van der Waals surface area contributed by atoms with Crippen LogP contribution in [-0.2, 0) is 11.8 Å². The molecule has 23 heavy (non-hydrogen) atoms. The standard InChI is InChI=1S/C15H18N6OS/c1-9-7-23-15-12(9)14(17-10(2)18-15)21-4-5-22-11(6-21)13-19-16-8-20(13)3/h7-8,11H,4-6H2,1-3H3. The molecule has 1 fully saturated rings. The summed E-state index contributed by atoms with van der Waals surface area (Å²) in [5.74, 6) is 2.65. The molecule has 1 saturated heterocycles. The number of morpholine rings is 1. The molecular weight excluding hydrogens is 312 g/mol. The summed E-state index contributed by atoms with van der Waals surface area (Å²) in [5, 5.41) is 11.4. The summed E-state index contributed by atoms with van der Waals surface area (Å²) in [6.07, 6.45) is 1.61. The zero-order valence-electron chi connectivity index (χ0n) is 13.4. The van der Waals surface area contributed by atoms with E-state index in [9.17, 15) is 0 Å². The lowest BCUT2D eigenvalue weighted by atomic mass is 10.2. The molecule has 1 unspecified atom stereocenters. The minimum absolute atomic E-state index is 0.0967. The summed E-state index contributed by atoms with van der Waals surface area (Å²) in [4.78, 5) is 12.6. The molecule has 0 N–H and O–H groups in total. The molecule has 0 aliphatic carbocycles.